The van der Waals surface area contributed by atoms with Crippen molar-refractivity contribution in [2.24, 2.45) is 0 Å². The number of carbonyl (C=O) groups is 2. The zero-order chi connectivity index (χ0) is 18.8. The third-order valence-corrected chi connectivity index (χ3v) is 3.37. The molecular weight excluding hydrogens is 336 g/mol. The fourth-order valence-corrected chi connectivity index (χ4v) is 2.10. The summed E-state index contributed by atoms with van der Waals surface area (Å²) in [7, 11) is 0. The summed E-state index contributed by atoms with van der Waals surface area (Å²) in [6.45, 7) is 5.45. The van der Waals surface area contributed by atoms with Crippen molar-refractivity contribution in [1.82, 2.24) is 0 Å². The van der Waals surface area contributed by atoms with E-state index in [1.807, 2.05) is 13.8 Å². The third-order valence-electron chi connectivity index (χ3n) is 3.37. The van der Waals surface area contributed by atoms with Crippen molar-refractivity contribution in [3.8, 4) is 11.5 Å². The lowest BCUT2D eigenvalue weighted by Gasteiger charge is -2.07. The van der Waals surface area contributed by atoms with Crippen molar-refractivity contribution in [1.29, 1.82) is 0 Å². The van der Waals surface area contributed by atoms with Gasteiger partial charge in [-0.1, -0.05) is 0 Å². The summed E-state index contributed by atoms with van der Waals surface area (Å²) in [6, 6.07) is 12.9. The maximum Gasteiger partial charge on any atom is 0.343 e. The zero-order valence-electron chi connectivity index (χ0n) is 14.9. The van der Waals surface area contributed by atoms with Gasteiger partial charge in [0.1, 0.15) is 18.1 Å². The first-order valence-corrected chi connectivity index (χ1v) is 8.44. The van der Waals surface area contributed by atoms with Crippen LogP contribution < -0.4 is 9.47 Å². The normalized spacial score (nSPS) is 10.2. The van der Waals surface area contributed by atoms with Gasteiger partial charge in [-0.05, 0) is 62.4 Å². The molecule has 26 heavy (non-hydrogen) atoms. The van der Waals surface area contributed by atoms with E-state index in [2.05, 4.69) is 0 Å². The molecule has 2 aromatic carbocycles. The molecule has 0 atom stereocenters. The molecule has 0 saturated carbocycles. The van der Waals surface area contributed by atoms with E-state index in [-0.39, 0.29) is 6.61 Å². The maximum absolute atomic E-state index is 12.1. The van der Waals surface area contributed by atoms with Crippen LogP contribution in [0.4, 0.5) is 0 Å². The van der Waals surface area contributed by atoms with Crippen molar-refractivity contribution in [2.75, 3.05) is 26.4 Å². The standard InChI is InChI=1S/C20H22O6/c1-3-23-13-14-25-19(21)15-7-11-18(12-8-15)26-20(22)16-5-9-17(10-6-16)24-4-2/h5-12H,3-4,13-14H2,1-2H3. The van der Waals surface area contributed by atoms with Crippen LogP contribution in [0.15, 0.2) is 48.5 Å². The third kappa shape index (κ3) is 5.89. The molecule has 0 bridgehead atoms. The van der Waals surface area contributed by atoms with Gasteiger partial charge in [-0.2, -0.15) is 0 Å². The molecule has 0 N–H and O–H groups in total. The van der Waals surface area contributed by atoms with Crippen LogP contribution in [0.3, 0.4) is 0 Å². The lowest BCUT2D eigenvalue weighted by atomic mass is 10.2. The fourth-order valence-electron chi connectivity index (χ4n) is 2.10. The van der Waals surface area contributed by atoms with Gasteiger partial charge in [0.15, 0.2) is 0 Å². The van der Waals surface area contributed by atoms with Crippen LogP contribution in [0.1, 0.15) is 34.6 Å². The quantitative estimate of drug-likeness (QED) is 0.388. The number of esters is 2. The van der Waals surface area contributed by atoms with E-state index in [4.69, 9.17) is 18.9 Å². The van der Waals surface area contributed by atoms with Gasteiger partial charge in [-0.25, -0.2) is 9.59 Å². The molecule has 0 saturated heterocycles. The Morgan fingerprint density at radius 1 is 0.731 bits per heavy atom. The first-order chi connectivity index (χ1) is 12.6. The van der Waals surface area contributed by atoms with E-state index in [9.17, 15) is 9.59 Å². The molecule has 0 fully saturated rings. The van der Waals surface area contributed by atoms with Crippen LogP contribution in [0.2, 0.25) is 0 Å². The summed E-state index contributed by atoms with van der Waals surface area (Å²) >= 11 is 0. The van der Waals surface area contributed by atoms with Gasteiger partial charge in [0.25, 0.3) is 0 Å². The first-order valence-electron chi connectivity index (χ1n) is 8.44. The van der Waals surface area contributed by atoms with Gasteiger partial charge >= 0.3 is 11.9 Å². The van der Waals surface area contributed by atoms with Crippen LogP contribution in [0.25, 0.3) is 0 Å². The SMILES string of the molecule is CCOCCOC(=O)c1ccc(OC(=O)c2ccc(OCC)cc2)cc1. The number of ether oxygens (including phenoxy) is 4. The van der Waals surface area contributed by atoms with Crippen molar-refractivity contribution >= 4 is 11.9 Å². The Morgan fingerprint density at radius 3 is 1.88 bits per heavy atom. The lowest BCUT2D eigenvalue weighted by Crippen LogP contribution is -2.11. The highest BCUT2D eigenvalue weighted by atomic mass is 16.6. The molecule has 0 heterocycles. The maximum atomic E-state index is 12.1. The van der Waals surface area contributed by atoms with Crippen LogP contribution >= 0.6 is 0 Å². The Balaban J connectivity index is 1.89. The summed E-state index contributed by atoms with van der Waals surface area (Å²) in [5, 5.41) is 0. The highest BCUT2D eigenvalue weighted by Crippen LogP contribution is 2.17. The summed E-state index contributed by atoms with van der Waals surface area (Å²) in [6.07, 6.45) is 0. The Bertz CT molecular complexity index is 706. The predicted molar refractivity (Wildman–Crippen MR) is 95.8 cm³/mol. The highest BCUT2D eigenvalue weighted by Gasteiger charge is 2.11. The van der Waals surface area contributed by atoms with Gasteiger partial charge < -0.3 is 18.9 Å². The van der Waals surface area contributed by atoms with Crippen molar-refractivity contribution < 1.29 is 28.5 Å². The summed E-state index contributed by atoms with van der Waals surface area (Å²) in [4.78, 5) is 24.0. The topological polar surface area (TPSA) is 71.1 Å². The van der Waals surface area contributed by atoms with Crippen LogP contribution in [0.5, 0.6) is 11.5 Å². The van der Waals surface area contributed by atoms with Crippen LogP contribution in [-0.2, 0) is 9.47 Å². The molecule has 0 aliphatic heterocycles. The number of rotatable bonds is 9. The fraction of sp³-hybridized carbons (Fsp3) is 0.300. The number of carbonyl (C=O) groups excluding carboxylic acids is 2. The first kappa shape index (κ1) is 19.5. The smallest absolute Gasteiger partial charge is 0.343 e. The molecule has 2 aromatic rings. The Kier molecular flexibility index (Phi) is 7.64. The predicted octanol–water partition coefficient (Wildman–Crippen LogP) is 3.50. The van der Waals surface area contributed by atoms with E-state index >= 15 is 0 Å². The zero-order valence-corrected chi connectivity index (χ0v) is 14.9. The molecule has 6 nitrogen and oxygen atoms in total. The summed E-state index contributed by atoms with van der Waals surface area (Å²) in [5.74, 6) is 0.0974. The van der Waals surface area contributed by atoms with Crippen molar-refractivity contribution in [3.05, 3.63) is 59.7 Å². The van der Waals surface area contributed by atoms with E-state index in [0.717, 1.165) is 0 Å². The van der Waals surface area contributed by atoms with Gasteiger partial charge in [0.2, 0.25) is 0 Å². The minimum atomic E-state index is -0.486. The van der Waals surface area contributed by atoms with E-state index < -0.39 is 11.9 Å². The minimum Gasteiger partial charge on any atom is -0.494 e. The second-order valence-electron chi connectivity index (χ2n) is 5.20. The van der Waals surface area contributed by atoms with Gasteiger partial charge in [0.05, 0.1) is 24.3 Å². The molecule has 6 heteroatoms. The Hall–Kier alpha value is -2.86. The van der Waals surface area contributed by atoms with E-state index in [0.29, 0.717) is 42.4 Å². The van der Waals surface area contributed by atoms with Crippen LogP contribution in [-0.4, -0.2) is 38.4 Å². The molecule has 138 valence electrons. The summed E-state index contributed by atoms with van der Waals surface area (Å²) in [5.41, 5.74) is 0.787. The average Bonchev–Trinajstić information content (AvgIpc) is 2.66. The Labute approximate surface area is 152 Å². The molecule has 0 amide bonds. The van der Waals surface area contributed by atoms with Gasteiger partial charge in [-0.3, -0.25) is 0 Å². The van der Waals surface area contributed by atoms with E-state index in [1.165, 1.54) is 0 Å². The molecule has 0 aliphatic carbocycles. The minimum absolute atomic E-state index is 0.196. The monoisotopic (exact) mass is 358 g/mol. The second kappa shape index (κ2) is 10.2. The molecule has 0 aliphatic rings. The highest BCUT2D eigenvalue weighted by molar-refractivity contribution is 5.92. The number of hydrogen-bond acceptors (Lipinski definition) is 6. The number of benzene rings is 2. The largest absolute Gasteiger partial charge is 0.494 e. The molecule has 0 aromatic heterocycles. The molecule has 0 radical (unpaired) electrons. The molecule has 0 unspecified atom stereocenters. The van der Waals surface area contributed by atoms with Crippen molar-refractivity contribution in [2.45, 2.75) is 13.8 Å². The molecule has 0 spiro atoms. The molecular formula is C20H22O6. The van der Waals surface area contributed by atoms with Gasteiger partial charge in [-0.15, -0.1) is 0 Å². The van der Waals surface area contributed by atoms with Crippen molar-refractivity contribution in [3.63, 3.8) is 0 Å². The molecule has 2 rings (SSSR count). The summed E-state index contributed by atoms with van der Waals surface area (Å²) < 4.78 is 20.8. The average molecular weight is 358 g/mol. The lowest BCUT2D eigenvalue weighted by molar-refractivity contribution is 0.0335. The van der Waals surface area contributed by atoms with E-state index in [1.54, 1.807) is 48.5 Å². The second-order valence-corrected chi connectivity index (χ2v) is 5.20. The van der Waals surface area contributed by atoms with Crippen LogP contribution in [0, 0.1) is 0 Å². The number of hydrogen-bond donors (Lipinski definition) is 0. The Morgan fingerprint density at radius 2 is 1.31 bits per heavy atom. The van der Waals surface area contributed by atoms with Gasteiger partial charge in [0, 0.05) is 6.61 Å².